The lowest BCUT2D eigenvalue weighted by molar-refractivity contribution is -0.389. The largest absolute Gasteiger partial charge is 0.389 e. The molecule has 0 radical (unpaired) electrons. The van der Waals surface area contributed by atoms with Crippen LogP contribution >= 0.6 is 0 Å². The van der Waals surface area contributed by atoms with Crippen LogP contribution in [0.4, 0.5) is 11.5 Å². The van der Waals surface area contributed by atoms with E-state index in [1.165, 1.54) is 22.5 Å². The fraction of sp³-hybridized carbons (Fsp3) is 0.278. The van der Waals surface area contributed by atoms with Gasteiger partial charge in [0.2, 0.25) is 5.91 Å². The first-order chi connectivity index (χ1) is 12.8. The Kier molecular flexibility index (Phi) is 5.02. The van der Waals surface area contributed by atoms with Gasteiger partial charge in [0.1, 0.15) is 6.54 Å². The molecule has 140 valence electrons. The molecule has 0 aliphatic rings. The standard InChI is InChI=1S/C18H20N6O3/c1-12-6-4-5-7-15(12)10-23-14(3)18(13(2)20-23)19-17(25)11-22-9-8-16(21-22)24(26)27/h4-9H,10-11H2,1-3H3,(H,19,25). The van der Waals surface area contributed by atoms with Gasteiger partial charge in [-0.05, 0) is 36.8 Å². The zero-order valence-corrected chi connectivity index (χ0v) is 15.3. The minimum absolute atomic E-state index is 0.115. The molecule has 3 rings (SSSR count). The van der Waals surface area contributed by atoms with Crippen LogP contribution in [-0.4, -0.2) is 30.4 Å². The van der Waals surface area contributed by atoms with E-state index in [-0.39, 0.29) is 18.3 Å². The summed E-state index contributed by atoms with van der Waals surface area (Å²) in [5.74, 6) is -0.615. The van der Waals surface area contributed by atoms with Crippen LogP contribution in [0.5, 0.6) is 0 Å². The molecule has 0 atom stereocenters. The molecule has 0 saturated carbocycles. The summed E-state index contributed by atoms with van der Waals surface area (Å²) < 4.78 is 3.09. The predicted molar refractivity (Wildman–Crippen MR) is 99.5 cm³/mol. The van der Waals surface area contributed by atoms with Gasteiger partial charge < -0.3 is 15.4 Å². The summed E-state index contributed by atoms with van der Waals surface area (Å²) in [5, 5.41) is 21.8. The minimum atomic E-state index is -0.599. The quantitative estimate of drug-likeness (QED) is 0.531. The van der Waals surface area contributed by atoms with Crippen molar-refractivity contribution >= 4 is 17.4 Å². The topological polar surface area (TPSA) is 108 Å². The van der Waals surface area contributed by atoms with Gasteiger partial charge in [-0.1, -0.05) is 24.3 Å². The van der Waals surface area contributed by atoms with Gasteiger partial charge in [0.25, 0.3) is 0 Å². The highest BCUT2D eigenvalue weighted by atomic mass is 16.6. The van der Waals surface area contributed by atoms with E-state index in [0.29, 0.717) is 17.9 Å². The number of nitro groups is 1. The third-order valence-electron chi connectivity index (χ3n) is 4.35. The number of benzene rings is 1. The predicted octanol–water partition coefficient (Wildman–Crippen LogP) is 2.60. The van der Waals surface area contributed by atoms with Crippen molar-refractivity contribution in [2.45, 2.75) is 33.9 Å². The van der Waals surface area contributed by atoms with Gasteiger partial charge in [0.05, 0.1) is 41.0 Å². The number of nitrogens with zero attached hydrogens (tertiary/aromatic N) is 5. The van der Waals surface area contributed by atoms with E-state index in [4.69, 9.17) is 0 Å². The molecule has 0 unspecified atom stereocenters. The zero-order chi connectivity index (χ0) is 19.6. The monoisotopic (exact) mass is 368 g/mol. The van der Waals surface area contributed by atoms with Crippen molar-refractivity contribution < 1.29 is 9.72 Å². The smallest absolute Gasteiger partial charge is 0.358 e. The molecule has 0 bridgehead atoms. The Labute approximate surface area is 155 Å². The third-order valence-corrected chi connectivity index (χ3v) is 4.35. The summed E-state index contributed by atoms with van der Waals surface area (Å²) in [6, 6.07) is 9.33. The Bertz CT molecular complexity index is 1000. The summed E-state index contributed by atoms with van der Waals surface area (Å²) in [6.45, 7) is 6.27. The van der Waals surface area contributed by atoms with Gasteiger partial charge in [-0.3, -0.25) is 9.48 Å². The van der Waals surface area contributed by atoms with Crippen molar-refractivity contribution in [3.05, 3.63) is 69.2 Å². The van der Waals surface area contributed by atoms with Crippen LogP contribution in [0, 0.1) is 30.9 Å². The number of carbonyl (C=O) groups excluding carboxylic acids is 1. The molecular formula is C18H20N6O3. The van der Waals surface area contributed by atoms with Crippen LogP contribution in [-0.2, 0) is 17.9 Å². The van der Waals surface area contributed by atoms with Crippen LogP contribution in [0.3, 0.4) is 0 Å². The highest BCUT2D eigenvalue weighted by Crippen LogP contribution is 2.21. The second-order valence-electron chi connectivity index (χ2n) is 6.31. The molecule has 0 saturated heterocycles. The van der Waals surface area contributed by atoms with Gasteiger partial charge in [-0.25, -0.2) is 0 Å². The molecule has 2 heterocycles. The number of aryl methyl sites for hydroxylation is 2. The SMILES string of the molecule is Cc1ccccc1Cn1nc(C)c(NC(=O)Cn2ccc([N+](=O)[O-])n2)c1C. The van der Waals surface area contributed by atoms with Crippen LogP contribution in [0.15, 0.2) is 36.5 Å². The lowest BCUT2D eigenvalue weighted by Crippen LogP contribution is -2.20. The lowest BCUT2D eigenvalue weighted by atomic mass is 10.1. The van der Waals surface area contributed by atoms with Crippen molar-refractivity contribution in [1.29, 1.82) is 0 Å². The molecule has 9 nitrogen and oxygen atoms in total. The minimum Gasteiger partial charge on any atom is -0.358 e. The maximum absolute atomic E-state index is 12.3. The Morgan fingerprint density at radius 1 is 1.19 bits per heavy atom. The molecular weight excluding hydrogens is 348 g/mol. The van der Waals surface area contributed by atoms with E-state index in [9.17, 15) is 14.9 Å². The molecule has 27 heavy (non-hydrogen) atoms. The van der Waals surface area contributed by atoms with E-state index < -0.39 is 4.92 Å². The lowest BCUT2D eigenvalue weighted by Gasteiger charge is -2.09. The summed E-state index contributed by atoms with van der Waals surface area (Å²) in [4.78, 5) is 22.4. The van der Waals surface area contributed by atoms with Gasteiger partial charge >= 0.3 is 5.82 Å². The van der Waals surface area contributed by atoms with E-state index in [0.717, 1.165) is 11.3 Å². The fourth-order valence-electron chi connectivity index (χ4n) is 2.84. The van der Waals surface area contributed by atoms with Crippen molar-refractivity contribution in [3.63, 3.8) is 0 Å². The van der Waals surface area contributed by atoms with Crippen LogP contribution in [0.2, 0.25) is 0 Å². The molecule has 0 aliphatic carbocycles. The first kappa shape index (κ1) is 18.3. The molecule has 3 aromatic rings. The summed E-state index contributed by atoms with van der Waals surface area (Å²) in [5.41, 5.74) is 4.53. The summed E-state index contributed by atoms with van der Waals surface area (Å²) in [7, 11) is 0. The molecule has 2 aromatic heterocycles. The highest BCUT2D eigenvalue weighted by molar-refractivity contribution is 5.91. The van der Waals surface area contributed by atoms with Gasteiger partial charge in [0.15, 0.2) is 0 Å². The fourth-order valence-corrected chi connectivity index (χ4v) is 2.84. The number of rotatable bonds is 6. The second-order valence-corrected chi connectivity index (χ2v) is 6.31. The summed E-state index contributed by atoms with van der Waals surface area (Å²) >= 11 is 0. The number of nitrogens with one attached hydrogen (secondary N) is 1. The molecule has 0 spiro atoms. The number of hydrogen-bond acceptors (Lipinski definition) is 5. The normalized spacial score (nSPS) is 10.8. The maximum atomic E-state index is 12.3. The number of hydrogen-bond donors (Lipinski definition) is 1. The van der Waals surface area contributed by atoms with Crippen molar-refractivity contribution in [3.8, 4) is 0 Å². The Balaban J connectivity index is 1.73. The highest BCUT2D eigenvalue weighted by Gasteiger charge is 2.17. The van der Waals surface area contributed by atoms with E-state index in [1.54, 1.807) is 0 Å². The Hall–Kier alpha value is -3.49. The van der Waals surface area contributed by atoms with Gasteiger partial charge in [-0.15, -0.1) is 0 Å². The van der Waals surface area contributed by atoms with Crippen molar-refractivity contribution in [1.82, 2.24) is 19.6 Å². The molecule has 0 aliphatic heterocycles. The molecule has 0 fully saturated rings. The van der Waals surface area contributed by atoms with Crippen LogP contribution in [0.1, 0.15) is 22.5 Å². The average Bonchev–Trinajstić information content (AvgIpc) is 3.17. The zero-order valence-electron chi connectivity index (χ0n) is 15.3. The Morgan fingerprint density at radius 3 is 2.59 bits per heavy atom. The second kappa shape index (κ2) is 7.40. The number of aromatic nitrogens is 4. The van der Waals surface area contributed by atoms with Gasteiger partial charge in [-0.2, -0.15) is 9.78 Å². The average molecular weight is 368 g/mol. The number of amides is 1. The van der Waals surface area contributed by atoms with Gasteiger partial charge in [0, 0.05) is 0 Å². The van der Waals surface area contributed by atoms with Crippen LogP contribution < -0.4 is 5.32 Å². The molecule has 1 aromatic carbocycles. The maximum Gasteiger partial charge on any atom is 0.389 e. The van der Waals surface area contributed by atoms with Crippen molar-refractivity contribution in [2.24, 2.45) is 0 Å². The first-order valence-electron chi connectivity index (χ1n) is 8.41. The number of anilines is 1. The van der Waals surface area contributed by atoms with E-state index in [2.05, 4.69) is 21.6 Å². The van der Waals surface area contributed by atoms with Crippen LogP contribution in [0.25, 0.3) is 0 Å². The Morgan fingerprint density at radius 2 is 1.93 bits per heavy atom. The van der Waals surface area contributed by atoms with E-state index >= 15 is 0 Å². The van der Waals surface area contributed by atoms with Crippen molar-refractivity contribution in [2.75, 3.05) is 5.32 Å². The molecule has 1 amide bonds. The van der Waals surface area contributed by atoms with E-state index in [1.807, 2.05) is 43.7 Å². The third kappa shape index (κ3) is 4.02. The summed E-state index contributed by atoms with van der Waals surface area (Å²) in [6.07, 6.45) is 1.40. The molecule has 9 heteroatoms. The number of carbonyl (C=O) groups is 1. The molecule has 1 N–H and O–H groups in total. The first-order valence-corrected chi connectivity index (χ1v) is 8.41.